The summed E-state index contributed by atoms with van der Waals surface area (Å²) in [6, 6.07) is 23.8. The smallest absolute Gasteiger partial charge is 0.255 e. The first-order valence-electron chi connectivity index (χ1n) is 7.95. The van der Waals surface area contributed by atoms with E-state index in [4.69, 9.17) is 0 Å². The summed E-state index contributed by atoms with van der Waals surface area (Å²) in [5.41, 5.74) is 3.53. The van der Waals surface area contributed by atoms with Gasteiger partial charge in [0.25, 0.3) is 5.91 Å². The minimum atomic E-state index is -3.37. The molecule has 5 nitrogen and oxygen atoms in total. The zero-order chi connectivity index (χ0) is 18.6. The molecule has 0 aliphatic heterocycles. The maximum atomic E-state index is 12.4. The fraction of sp³-hybridized carbons (Fsp3) is 0.0500. The van der Waals surface area contributed by atoms with Crippen molar-refractivity contribution >= 4 is 27.3 Å². The number of hydrogen-bond acceptors (Lipinski definition) is 3. The molecule has 0 aliphatic rings. The van der Waals surface area contributed by atoms with Gasteiger partial charge in [-0.25, -0.2) is 8.42 Å². The van der Waals surface area contributed by atoms with Crippen LogP contribution in [0.4, 0.5) is 11.4 Å². The van der Waals surface area contributed by atoms with Crippen LogP contribution in [0.3, 0.4) is 0 Å². The van der Waals surface area contributed by atoms with Gasteiger partial charge in [0.2, 0.25) is 10.0 Å². The van der Waals surface area contributed by atoms with Crippen molar-refractivity contribution in [2.24, 2.45) is 0 Å². The highest BCUT2D eigenvalue weighted by molar-refractivity contribution is 7.92. The van der Waals surface area contributed by atoms with E-state index < -0.39 is 10.0 Å². The SMILES string of the molecule is CS(=O)(=O)Nc1cccc(NC(=O)c2ccc(-c3ccccc3)cc2)c1. The molecule has 0 saturated heterocycles. The minimum Gasteiger partial charge on any atom is -0.322 e. The number of anilines is 2. The number of amides is 1. The molecule has 0 aliphatic carbocycles. The molecule has 6 heteroatoms. The van der Waals surface area contributed by atoms with E-state index in [0.29, 0.717) is 16.9 Å². The van der Waals surface area contributed by atoms with Crippen LogP contribution in [-0.2, 0) is 10.0 Å². The van der Waals surface area contributed by atoms with Crippen molar-refractivity contribution in [3.8, 4) is 11.1 Å². The van der Waals surface area contributed by atoms with Crippen molar-refractivity contribution < 1.29 is 13.2 Å². The van der Waals surface area contributed by atoms with Gasteiger partial charge in [0, 0.05) is 11.3 Å². The lowest BCUT2D eigenvalue weighted by Gasteiger charge is -2.09. The van der Waals surface area contributed by atoms with Crippen molar-refractivity contribution in [2.45, 2.75) is 0 Å². The summed E-state index contributed by atoms with van der Waals surface area (Å²) in [5, 5.41) is 2.77. The molecule has 0 spiro atoms. The second-order valence-electron chi connectivity index (χ2n) is 5.85. The molecule has 0 atom stereocenters. The number of hydrogen-bond donors (Lipinski definition) is 2. The Morgan fingerprint density at radius 3 is 2.04 bits per heavy atom. The monoisotopic (exact) mass is 366 g/mol. The Morgan fingerprint density at radius 1 is 0.769 bits per heavy atom. The molecule has 26 heavy (non-hydrogen) atoms. The predicted molar refractivity (Wildman–Crippen MR) is 105 cm³/mol. The normalized spacial score (nSPS) is 11.0. The Hall–Kier alpha value is -3.12. The number of rotatable bonds is 5. The number of nitrogens with one attached hydrogen (secondary N) is 2. The number of benzene rings is 3. The minimum absolute atomic E-state index is 0.263. The standard InChI is InChI=1S/C20H18N2O3S/c1-26(24,25)22-19-9-5-8-18(14-19)21-20(23)17-12-10-16(11-13-17)15-6-3-2-4-7-15/h2-14,22H,1H3,(H,21,23). The van der Waals surface area contributed by atoms with Crippen LogP contribution >= 0.6 is 0 Å². The van der Waals surface area contributed by atoms with Crippen LogP contribution in [0.1, 0.15) is 10.4 Å². The van der Waals surface area contributed by atoms with E-state index in [9.17, 15) is 13.2 Å². The van der Waals surface area contributed by atoms with Crippen LogP contribution in [0.5, 0.6) is 0 Å². The lowest BCUT2D eigenvalue weighted by atomic mass is 10.0. The van der Waals surface area contributed by atoms with E-state index in [-0.39, 0.29) is 5.91 Å². The Kier molecular flexibility index (Phi) is 5.04. The van der Waals surface area contributed by atoms with Gasteiger partial charge in [0.15, 0.2) is 0 Å². The molecule has 0 radical (unpaired) electrons. The van der Waals surface area contributed by atoms with E-state index in [0.717, 1.165) is 17.4 Å². The summed E-state index contributed by atoms with van der Waals surface area (Å²) in [7, 11) is -3.37. The summed E-state index contributed by atoms with van der Waals surface area (Å²) in [4.78, 5) is 12.4. The maximum absolute atomic E-state index is 12.4. The Balaban J connectivity index is 1.73. The zero-order valence-electron chi connectivity index (χ0n) is 14.1. The summed E-state index contributed by atoms with van der Waals surface area (Å²) < 4.78 is 25.0. The van der Waals surface area contributed by atoms with Crippen molar-refractivity contribution in [3.05, 3.63) is 84.4 Å². The Bertz CT molecular complexity index is 1010. The molecule has 132 valence electrons. The third-order valence-corrected chi connectivity index (χ3v) is 4.28. The van der Waals surface area contributed by atoms with Crippen LogP contribution in [0.2, 0.25) is 0 Å². The molecule has 1 amide bonds. The van der Waals surface area contributed by atoms with Crippen LogP contribution in [0.15, 0.2) is 78.9 Å². The first-order chi connectivity index (χ1) is 12.4. The van der Waals surface area contributed by atoms with E-state index >= 15 is 0 Å². The van der Waals surface area contributed by atoms with E-state index in [1.165, 1.54) is 0 Å². The van der Waals surface area contributed by atoms with Crippen LogP contribution in [0, 0.1) is 0 Å². The quantitative estimate of drug-likeness (QED) is 0.717. The highest BCUT2D eigenvalue weighted by Gasteiger charge is 2.08. The van der Waals surface area contributed by atoms with Gasteiger partial charge >= 0.3 is 0 Å². The fourth-order valence-corrected chi connectivity index (χ4v) is 3.08. The van der Waals surface area contributed by atoms with E-state index in [2.05, 4.69) is 10.0 Å². The summed E-state index contributed by atoms with van der Waals surface area (Å²) in [6.07, 6.45) is 1.08. The Labute approximate surface area is 152 Å². The number of carbonyl (C=O) groups excluding carboxylic acids is 1. The Morgan fingerprint density at radius 2 is 1.38 bits per heavy atom. The predicted octanol–water partition coefficient (Wildman–Crippen LogP) is 3.98. The van der Waals surface area contributed by atoms with E-state index in [1.54, 1.807) is 36.4 Å². The summed E-state index contributed by atoms with van der Waals surface area (Å²) in [6.45, 7) is 0. The molecule has 0 saturated carbocycles. The highest BCUT2D eigenvalue weighted by atomic mass is 32.2. The van der Waals surface area contributed by atoms with Gasteiger partial charge < -0.3 is 5.32 Å². The number of carbonyl (C=O) groups is 1. The van der Waals surface area contributed by atoms with Crippen molar-refractivity contribution in [2.75, 3.05) is 16.3 Å². The maximum Gasteiger partial charge on any atom is 0.255 e. The summed E-state index contributed by atoms with van der Waals surface area (Å²) >= 11 is 0. The second kappa shape index (κ2) is 7.41. The average molecular weight is 366 g/mol. The van der Waals surface area contributed by atoms with Gasteiger partial charge in [-0.05, 0) is 41.5 Å². The lowest BCUT2D eigenvalue weighted by molar-refractivity contribution is 0.102. The lowest BCUT2D eigenvalue weighted by Crippen LogP contribution is -2.13. The van der Waals surface area contributed by atoms with Crippen LogP contribution in [0.25, 0.3) is 11.1 Å². The van der Waals surface area contributed by atoms with Crippen molar-refractivity contribution in [1.29, 1.82) is 0 Å². The zero-order valence-corrected chi connectivity index (χ0v) is 15.0. The first kappa shape index (κ1) is 17.7. The molecule has 3 aromatic carbocycles. The van der Waals surface area contributed by atoms with Gasteiger partial charge in [0.1, 0.15) is 0 Å². The molecule has 0 aromatic heterocycles. The molecular formula is C20H18N2O3S. The first-order valence-corrected chi connectivity index (χ1v) is 9.84. The average Bonchev–Trinajstić information content (AvgIpc) is 2.61. The molecule has 0 fully saturated rings. The molecular weight excluding hydrogens is 348 g/mol. The molecule has 3 aromatic rings. The summed E-state index contributed by atoms with van der Waals surface area (Å²) in [5.74, 6) is -0.263. The third kappa shape index (κ3) is 4.70. The third-order valence-electron chi connectivity index (χ3n) is 3.68. The highest BCUT2D eigenvalue weighted by Crippen LogP contribution is 2.20. The van der Waals surface area contributed by atoms with Gasteiger partial charge in [0.05, 0.1) is 11.9 Å². The fourth-order valence-electron chi connectivity index (χ4n) is 2.52. The molecule has 0 unspecified atom stereocenters. The van der Waals surface area contributed by atoms with Crippen molar-refractivity contribution in [3.63, 3.8) is 0 Å². The van der Waals surface area contributed by atoms with Crippen molar-refractivity contribution in [1.82, 2.24) is 0 Å². The molecule has 3 rings (SSSR count). The van der Waals surface area contributed by atoms with E-state index in [1.807, 2.05) is 42.5 Å². The van der Waals surface area contributed by atoms with Gasteiger partial charge in [-0.15, -0.1) is 0 Å². The molecule has 0 heterocycles. The van der Waals surface area contributed by atoms with Gasteiger partial charge in [-0.3, -0.25) is 9.52 Å². The topological polar surface area (TPSA) is 75.3 Å². The second-order valence-corrected chi connectivity index (χ2v) is 7.60. The largest absolute Gasteiger partial charge is 0.322 e. The van der Waals surface area contributed by atoms with Gasteiger partial charge in [-0.1, -0.05) is 48.5 Å². The van der Waals surface area contributed by atoms with Crippen LogP contribution < -0.4 is 10.0 Å². The van der Waals surface area contributed by atoms with Gasteiger partial charge in [-0.2, -0.15) is 0 Å². The number of sulfonamides is 1. The van der Waals surface area contributed by atoms with Crippen LogP contribution in [-0.4, -0.2) is 20.6 Å². The molecule has 2 N–H and O–H groups in total. The molecule has 0 bridgehead atoms.